The van der Waals surface area contributed by atoms with Crippen molar-refractivity contribution in [1.29, 1.82) is 0 Å². The van der Waals surface area contributed by atoms with Crippen molar-refractivity contribution in [2.75, 3.05) is 19.7 Å². The smallest absolute Gasteiger partial charge is 0.410 e. The number of hydrogen-bond donors (Lipinski definition) is 0. The van der Waals surface area contributed by atoms with Gasteiger partial charge < -0.3 is 14.4 Å². The summed E-state index contributed by atoms with van der Waals surface area (Å²) in [5, 5.41) is 0.136. The molecule has 4 nitrogen and oxygen atoms in total. The number of carbonyl (C=O) groups is 1. The van der Waals surface area contributed by atoms with Gasteiger partial charge in [-0.1, -0.05) is 70.4 Å². The highest BCUT2D eigenvalue weighted by Gasteiger charge is 2.38. The van der Waals surface area contributed by atoms with Gasteiger partial charge in [-0.3, -0.25) is 0 Å². The zero-order valence-corrected chi connectivity index (χ0v) is 22.9. The summed E-state index contributed by atoms with van der Waals surface area (Å²) in [7, 11) is 0. The van der Waals surface area contributed by atoms with E-state index in [0.29, 0.717) is 36.9 Å². The topological polar surface area (TPSA) is 38.8 Å². The molecule has 0 aliphatic carbocycles. The molecule has 1 aromatic carbocycles. The second kappa shape index (κ2) is 13.6. The van der Waals surface area contributed by atoms with Crippen molar-refractivity contribution in [3.05, 3.63) is 28.0 Å². The van der Waals surface area contributed by atoms with Crippen LogP contribution in [0.25, 0.3) is 0 Å². The van der Waals surface area contributed by atoms with E-state index in [1.54, 1.807) is 11.0 Å². The minimum absolute atomic E-state index is 0.136. The lowest BCUT2D eigenvalue weighted by Crippen LogP contribution is -2.50. The summed E-state index contributed by atoms with van der Waals surface area (Å²) in [5.74, 6) is 0.698. The third-order valence-electron chi connectivity index (χ3n) is 6.63. The minimum Gasteiger partial charge on any atom is -0.493 e. The normalized spacial score (nSPS) is 15.2. The maximum absolute atomic E-state index is 15.2. The SMILES string of the molecule is CCCCCCCC(CC)CCc1cc(Cl)c(F)c(C2CN(C(=O)OC(C)(C)C)C2)c1OCC. The van der Waals surface area contributed by atoms with E-state index in [0.717, 1.165) is 24.8 Å². The number of rotatable bonds is 13. The number of amides is 1. The van der Waals surface area contributed by atoms with E-state index < -0.39 is 11.4 Å². The molecule has 0 radical (unpaired) electrons. The van der Waals surface area contributed by atoms with E-state index in [4.69, 9.17) is 21.1 Å². The Hall–Kier alpha value is -1.49. The van der Waals surface area contributed by atoms with Crippen LogP contribution in [0.4, 0.5) is 9.18 Å². The minimum atomic E-state index is -0.557. The molecule has 0 saturated carbocycles. The first-order valence-electron chi connectivity index (χ1n) is 13.2. The van der Waals surface area contributed by atoms with Crippen LogP contribution in [0.5, 0.6) is 5.75 Å². The Morgan fingerprint density at radius 3 is 2.41 bits per heavy atom. The van der Waals surface area contributed by atoms with Gasteiger partial charge in [0.1, 0.15) is 17.2 Å². The van der Waals surface area contributed by atoms with E-state index in [1.807, 2.05) is 27.7 Å². The molecule has 194 valence electrons. The molecule has 34 heavy (non-hydrogen) atoms. The van der Waals surface area contributed by atoms with E-state index in [2.05, 4.69) is 13.8 Å². The highest BCUT2D eigenvalue weighted by atomic mass is 35.5. The maximum Gasteiger partial charge on any atom is 0.410 e. The molecule has 0 N–H and O–H groups in total. The fraction of sp³-hybridized carbons (Fsp3) is 0.750. The summed E-state index contributed by atoms with van der Waals surface area (Å²) in [6.07, 6.45) is 10.4. The number of nitrogens with zero attached hydrogens (tertiary/aromatic N) is 1. The quantitative estimate of drug-likeness (QED) is 0.256. The second-order valence-corrected chi connectivity index (χ2v) is 11.0. The number of halogens is 2. The highest BCUT2D eigenvalue weighted by Crippen LogP contribution is 2.42. The van der Waals surface area contributed by atoms with Gasteiger partial charge in [0.25, 0.3) is 0 Å². The van der Waals surface area contributed by atoms with Crippen molar-refractivity contribution < 1.29 is 18.7 Å². The van der Waals surface area contributed by atoms with Gasteiger partial charge in [-0.05, 0) is 58.1 Å². The molecule has 0 spiro atoms. The molecule has 6 heteroatoms. The Kier molecular flexibility index (Phi) is 11.5. The van der Waals surface area contributed by atoms with E-state index in [9.17, 15) is 4.79 Å². The second-order valence-electron chi connectivity index (χ2n) is 10.6. The fourth-order valence-corrected chi connectivity index (χ4v) is 4.87. The summed E-state index contributed by atoms with van der Waals surface area (Å²) in [4.78, 5) is 14.0. The summed E-state index contributed by atoms with van der Waals surface area (Å²) in [5.41, 5.74) is 0.930. The summed E-state index contributed by atoms with van der Waals surface area (Å²) < 4.78 is 26.7. The Balaban J connectivity index is 2.10. The van der Waals surface area contributed by atoms with E-state index in [1.165, 1.54) is 38.5 Å². The first kappa shape index (κ1) is 28.7. The van der Waals surface area contributed by atoms with Crippen molar-refractivity contribution in [2.45, 2.75) is 111 Å². The van der Waals surface area contributed by atoms with Crippen molar-refractivity contribution in [3.8, 4) is 5.75 Å². The number of likely N-dealkylation sites (tertiary alicyclic amines) is 1. The lowest BCUT2D eigenvalue weighted by atomic mass is 9.86. The van der Waals surface area contributed by atoms with Crippen molar-refractivity contribution in [3.63, 3.8) is 0 Å². The molecule has 1 aliphatic heterocycles. The third-order valence-corrected chi connectivity index (χ3v) is 6.90. The van der Waals surface area contributed by atoms with Crippen molar-refractivity contribution in [2.24, 2.45) is 5.92 Å². The number of aryl methyl sites for hydroxylation is 1. The zero-order chi connectivity index (χ0) is 25.3. The van der Waals surface area contributed by atoms with Crippen LogP contribution in [0.15, 0.2) is 6.07 Å². The van der Waals surface area contributed by atoms with Crippen LogP contribution in [0, 0.1) is 11.7 Å². The van der Waals surface area contributed by atoms with Crippen LogP contribution in [0.3, 0.4) is 0 Å². The highest BCUT2D eigenvalue weighted by molar-refractivity contribution is 6.31. The number of unbranched alkanes of at least 4 members (excludes halogenated alkanes) is 4. The molecule has 1 aliphatic rings. The van der Waals surface area contributed by atoms with Crippen LogP contribution in [0.1, 0.15) is 110 Å². The number of hydrogen-bond acceptors (Lipinski definition) is 3. The lowest BCUT2D eigenvalue weighted by molar-refractivity contribution is 0.00764. The molecule has 1 unspecified atom stereocenters. The van der Waals surface area contributed by atoms with E-state index in [-0.39, 0.29) is 17.0 Å². The Morgan fingerprint density at radius 1 is 1.15 bits per heavy atom. The predicted molar refractivity (Wildman–Crippen MR) is 139 cm³/mol. The van der Waals surface area contributed by atoms with Crippen LogP contribution in [0.2, 0.25) is 5.02 Å². The number of carbonyl (C=O) groups excluding carboxylic acids is 1. The Bertz CT molecular complexity index is 787. The van der Waals surface area contributed by atoms with Gasteiger partial charge in [0.15, 0.2) is 0 Å². The summed E-state index contributed by atoms with van der Waals surface area (Å²) >= 11 is 6.35. The van der Waals surface area contributed by atoms with Crippen LogP contribution in [-0.2, 0) is 11.2 Å². The van der Waals surface area contributed by atoms with Gasteiger partial charge in [0.2, 0.25) is 0 Å². The standard InChI is InChI=1S/C28H45ClFNO3/c1-7-10-11-12-13-14-20(8-2)15-16-21-17-23(29)25(30)24(26(21)33-9-3)22-18-31(19-22)27(32)34-28(4,5)6/h17,20,22H,7-16,18-19H2,1-6H3. The third kappa shape index (κ3) is 8.32. The summed E-state index contributed by atoms with van der Waals surface area (Å²) in [6.45, 7) is 13.2. The van der Waals surface area contributed by atoms with Gasteiger partial charge in [-0.15, -0.1) is 0 Å². The molecule has 1 atom stereocenters. The number of benzene rings is 1. The molecule has 1 fully saturated rings. The van der Waals surface area contributed by atoms with Gasteiger partial charge in [-0.25, -0.2) is 9.18 Å². The van der Waals surface area contributed by atoms with E-state index >= 15 is 4.39 Å². The molecule has 1 amide bonds. The van der Waals surface area contributed by atoms with Gasteiger partial charge >= 0.3 is 6.09 Å². The Morgan fingerprint density at radius 2 is 1.82 bits per heavy atom. The van der Waals surface area contributed by atoms with Crippen molar-refractivity contribution >= 4 is 17.7 Å². The van der Waals surface area contributed by atoms with Crippen LogP contribution < -0.4 is 4.74 Å². The number of ether oxygens (including phenoxy) is 2. The molecule has 2 rings (SSSR count). The summed E-state index contributed by atoms with van der Waals surface area (Å²) in [6, 6.07) is 1.74. The Labute approximate surface area is 211 Å². The maximum atomic E-state index is 15.2. The average molecular weight is 498 g/mol. The molecule has 1 saturated heterocycles. The van der Waals surface area contributed by atoms with Crippen LogP contribution >= 0.6 is 11.6 Å². The molecule has 1 heterocycles. The van der Waals surface area contributed by atoms with Crippen LogP contribution in [-0.4, -0.2) is 36.3 Å². The largest absolute Gasteiger partial charge is 0.493 e. The molecule has 1 aromatic rings. The van der Waals surface area contributed by atoms with Crippen molar-refractivity contribution in [1.82, 2.24) is 4.90 Å². The average Bonchev–Trinajstić information content (AvgIpc) is 2.72. The van der Waals surface area contributed by atoms with Gasteiger partial charge in [0.05, 0.1) is 11.6 Å². The van der Waals surface area contributed by atoms with Gasteiger partial charge in [0, 0.05) is 24.6 Å². The fourth-order valence-electron chi connectivity index (χ4n) is 4.63. The first-order valence-corrected chi connectivity index (χ1v) is 13.6. The lowest BCUT2D eigenvalue weighted by Gasteiger charge is -2.40. The van der Waals surface area contributed by atoms with Gasteiger partial charge in [-0.2, -0.15) is 0 Å². The predicted octanol–water partition coefficient (Wildman–Crippen LogP) is 8.53. The zero-order valence-electron chi connectivity index (χ0n) is 22.1. The monoisotopic (exact) mass is 497 g/mol. The molecular formula is C28H45ClFNO3. The first-order chi connectivity index (χ1) is 16.1. The molecule has 0 bridgehead atoms. The molecule has 0 aromatic heterocycles. The molecular weight excluding hydrogens is 453 g/mol.